The number of aliphatic hydroxyl groups is 1. The Bertz CT molecular complexity index is 379. The lowest BCUT2D eigenvalue weighted by atomic mass is 10.1. The summed E-state index contributed by atoms with van der Waals surface area (Å²) in [5.74, 6) is 0.496. The summed E-state index contributed by atoms with van der Waals surface area (Å²) in [6, 6.07) is 6.74. The number of aliphatic hydroxyl groups excluding tert-OH is 1. The fourth-order valence-corrected chi connectivity index (χ4v) is 2.84. The van der Waals surface area contributed by atoms with Crippen molar-refractivity contribution >= 4 is 0 Å². The van der Waals surface area contributed by atoms with Gasteiger partial charge in [0.2, 0.25) is 0 Å². The lowest BCUT2D eigenvalue weighted by Gasteiger charge is -2.22. The molecule has 1 saturated heterocycles. The monoisotopic (exact) mass is 251 g/mol. The molecule has 0 aromatic heterocycles. The average molecular weight is 251 g/mol. The van der Waals surface area contributed by atoms with Crippen LogP contribution >= 0.6 is 0 Å². The number of benzene rings is 1. The van der Waals surface area contributed by atoms with Crippen molar-refractivity contribution in [3.63, 3.8) is 0 Å². The van der Waals surface area contributed by atoms with E-state index in [0.717, 1.165) is 24.6 Å². The third-order valence-corrected chi connectivity index (χ3v) is 3.86. The lowest BCUT2D eigenvalue weighted by molar-refractivity contribution is 0.139. The van der Waals surface area contributed by atoms with Crippen molar-refractivity contribution in [1.29, 1.82) is 0 Å². The van der Waals surface area contributed by atoms with Gasteiger partial charge >= 0.3 is 0 Å². The summed E-state index contributed by atoms with van der Waals surface area (Å²) in [5.41, 5.74) is 0.802. The van der Waals surface area contributed by atoms with Crippen LogP contribution < -0.4 is 0 Å². The highest BCUT2D eigenvalue weighted by Gasteiger charge is 2.26. The first-order valence-corrected chi connectivity index (χ1v) is 6.74. The van der Waals surface area contributed by atoms with Crippen molar-refractivity contribution in [2.75, 3.05) is 13.1 Å². The topological polar surface area (TPSA) is 23.5 Å². The van der Waals surface area contributed by atoms with Gasteiger partial charge in [-0.2, -0.15) is 0 Å². The zero-order valence-corrected chi connectivity index (χ0v) is 11.1. The summed E-state index contributed by atoms with van der Waals surface area (Å²) in [7, 11) is 0. The van der Waals surface area contributed by atoms with E-state index in [1.54, 1.807) is 12.1 Å². The standard InChI is InChI=1S/C15H22FNO/c1-11-9-12(2)17(10-11)8-7-15(18)13-3-5-14(16)6-4-13/h3-6,11-12,15,18H,7-10H2,1-2H3. The van der Waals surface area contributed by atoms with E-state index in [1.807, 2.05) is 0 Å². The minimum Gasteiger partial charge on any atom is -0.388 e. The minimum absolute atomic E-state index is 0.257. The van der Waals surface area contributed by atoms with E-state index in [9.17, 15) is 9.50 Å². The van der Waals surface area contributed by atoms with E-state index in [1.165, 1.54) is 18.6 Å². The van der Waals surface area contributed by atoms with Gasteiger partial charge in [0.1, 0.15) is 5.82 Å². The highest BCUT2D eigenvalue weighted by Crippen LogP contribution is 2.24. The molecule has 1 fully saturated rings. The van der Waals surface area contributed by atoms with Crippen LogP contribution in [0.1, 0.15) is 38.4 Å². The molecule has 3 atom stereocenters. The zero-order valence-electron chi connectivity index (χ0n) is 11.1. The Kier molecular flexibility index (Phi) is 4.36. The highest BCUT2D eigenvalue weighted by atomic mass is 19.1. The quantitative estimate of drug-likeness (QED) is 0.889. The molecular weight excluding hydrogens is 229 g/mol. The Labute approximate surface area is 108 Å². The number of likely N-dealkylation sites (tertiary alicyclic amines) is 1. The molecule has 0 amide bonds. The molecule has 2 nitrogen and oxygen atoms in total. The minimum atomic E-state index is -0.492. The molecular formula is C15H22FNO. The van der Waals surface area contributed by atoms with Gasteiger partial charge in [0, 0.05) is 19.1 Å². The Hall–Kier alpha value is -0.930. The van der Waals surface area contributed by atoms with Crippen LogP contribution in [0.3, 0.4) is 0 Å². The predicted octanol–water partition coefficient (Wildman–Crippen LogP) is 2.98. The summed E-state index contributed by atoms with van der Waals surface area (Å²) in [6.07, 6.45) is 1.46. The van der Waals surface area contributed by atoms with Crippen LogP contribution in [0.2, 0.25) is 0 Å². The molecule has 3 heteroatoms. The van der Waals surface area contributed by atoms with Crippen molar-refractivity contribution < 1.29 is 9.50 Å². The van der Waals surface area contributed by atoms with Crippen molar-refractivity contribution in [1.82, 2.24) is 4.90 Å². The first-order chi connectivity index (χ1) is 8.56. The van der Waals surface area contributed by atoms with Gasteiger partial charge in [-0.1, -0.05) is 19.1 Å². The molecule has 0 bridgehead atoms. The van der Waals surface area contributed by atoms with Gasteiger partial charge in [-0.05, 0) is 43.4 Å². The Balaban J connectivity index is 1.84. The van der Waals surface area contributed by atoms with Crippen molar-refractivity contribution in [2.45, 2.75) is 38.8 Å². The molecule has 0 saturated carbocycles. The van der Waals surface area contributed by atoms with Gasteiger partial charge in [0.05, 0.1) is 6.10 Å². The van der Waals surface area contributed by atoms with Gasteiger partial charge in [0.25, 0.3) is 0 Å². The summed E-state index contributed by atoms with van der Waals surface area (Å²) in [6.45, 7) is 6.54. The van der Waals surface area contributed by atoms with Gasteiger partial charge < -0.3 is 10.0 Å². The molecule has 1 N–H and O–H groups in total. The fraction of sp³-hybridized carbons (Fsp3) is 0.600. The average Bonchev–Trinajstić information content (AvgIpc) is 2.66. The van der Waals surface area contributed by atoms with Gasteiger partial charge in [-0.15, -0.1) is 0 Å². The molecule has 0 aliphatic carbocycles. The van der Waals surface area contributed by atoms with Crippen molar-refractivity contribution in [3.05, 3.63) is 35.6 Å². The van der Waals surface area contributed by atoms with Gasteiger partial charge in [0.15, 0.2) is 0 Å². The van der Waals surface area contributed by atoms with E-state index >= 15 is 0 Å². The van der Waals surface area contributed by atoms with Crippen LogP contribution in [-0.2, 0) is 0 Å². The van der Waals surface area contributed by atoms with E-state index in [0.29, 0.717) is 12.5 Å². The molecule has 100 valence electrons. The summed E-state index contributed by atoms with van der Waals surface area (Å²) in [5, 5.41) is 10.1. The molecule has 18 heavy (non-hydrogen) atoms. The van der Waals surface area contributed by atoms with E-state index in [-0.39, 0.29) is 5.82 Å². The number of nitrogens with zero attached hydrogens (tertiary/aromatic N) is 1. The first kappa shape index (κ1) is 13.5. The number of hydrogen-bond donors (Lipinski definition) is 1. The summed E-state index contributed by atoms with van der Waals surface area (Å²) in [4.78, 5) is 2.43. The third kappa shape index (κ3) is 3.30. The SMILES string of the molecule is CC1CC(C)N(CCC(O)c2ccc(F)cc2)C1. The summed E-state index contributed by atoms with van der Waals surface area (Å²) < 4.78 is 12.8. The van der Waals surface area contributed by atoms with Crippen LogP contribution in [0.5, 0.6) is 0 Å². The molecule has 1 aromatic carbocycles. The molecule has 3 unspecified atom stereocenters. The van der Waals surface area contributed by atoms with Crippen molar-refractivity contribution in [2.24, 2.45) is 5.92 Å². The summed E-state index contributed by atoms with van der Waals surface area (Å²) >= 11 is 0. The molecule has 1 aromatic rings. The molecule has 0 spiro atoms. The van der Waals surface area contributed by atoms with E-state index < -0.39 is 6.10 Å². The van der Waals surface area contributed by atoms with Crippen LogP contribution in [-0.4, -0.2) is 29.1 Å². The Morgan fingerprint density at radius 2 is 2.00 bits per heavy atom. The molecule has 1 heterocycles. The number of rotatable bonds is 4. The zero-order chi connectivity index (χ0) is 13.1. The Morgan fingerprint density at radius 1 is 1.33 bits per heavy atom. The highest BCUT2D eigenvalue weighted by molar-refractivity contribution is 5.18. The normalized spacial score (nSPS) is 26.4. The molecule has 1 aliphatic rings. The van der Waals surface area contributed by atoms with Crippen LogP contribution in [0.15, 0.2) is 24.3 Å². The smallest absolute Gasteiger partial charge is 0.123 e. The van der Waals surface area contributed by atoms with Gasteiger partial charge in [-0.3, -0.25) is 0 Å². The van der Waals surface area contributed by atoms with Crippen LogP contribution in [0.4, 0.5) is 4.39 Å². The molecule has 0 radical (unpaired) electrons. The van der Waals surface area contributed by atoms with E-state index in [2.05, 4.69) is 18.7 Å². The first-order valence-electron chi connectivity index (χ1n) is 6.74. The van der Waals surface area contributed by atoms with Crippen LogP contribution in [0.25, 0.3) is 0 Å². The molecule has 2 rings (SSSR count). The van der Waals surface area contributed by atoms with Crippen LogP contribution in [0, 0.1) is 11.7 Å². The second-order valence-electron chi connectivity index (χ2n) is 5.54. The Morgan fingerprint density at radius 3 is 2.56 bits per heavy atom. The van der Waals surface area contributed by atoms with E-state index in [4.69, 9.17) is 0 Å². The number of halogens is 1. The fourth-order valence-electron chi connectivity index (χ4n) is 2.84. The van der Waals surface area contributed by atoms with Crippen molar-refractivity contribution in [3.8, 4) is 0 Å². The number of hydrogen-bond acceptors (Lipinski definition) is 2. The maximum absolute atomic E-state index is 12.8. The predicted molar refractivity (Wildman–Crippen MR) is 70.8 cm³/mol. The second kappa shape index (κ2) is 5.81. The lowest BCUT2D eigenvalue weighted by Crippen LogP contribution is -2.29. The third-order valence-electron chi connectivity index (χ3n) is 3.86. The maximum Gasteiger partial charge on any atom is 0.123 e. The largest absolute Gasteiger partial charge is 0.388 e. The molecule has 1 aliphatic heterocycles. The van der Waals surface area contributed by atoms with Gasteiger partial charge in [-0.25, -0.2) is 4.39 Å². The second-order valence-corrected chi connectivity index (χ2v) is 5.54. The maximum atomic E-state index is 12.8.